The Hall–Kier alpha value is -2.50. The van der Waals surface area contributed by atoms with E-state index in [0.717, 1.165) is 28.8 Å². The minimum atomic E-state index is -1.21. The molecule has 2 aliphatic rings. The molecule has 1 aromatic carbocycles. The predicted molar refractivity (Wildman–Crippen MR) is 98.9 cm³/mol. The molecule has 138 valence electrons. The molecule has 0 spiro atoms. The van der Waals surface area contributed by atoms with Crippen LogP contribution in [0.15, 0.2) is 30.5 Å². The minimum absolute atomic E-state index is 0.180. The fourth-order valence-electron chi connectivity index (χ4n) is 4.83. The van der Waals surface area contributed by atoms with Gasteiger partial charge in [0.15, 0.2) is 0 Å². The highest BCUT2D eigenvalue weighted by atomic mass is 16.4. The standard InChI is InChI=1S/C20H25N3O3/c1-20(23-19(25)26,10-14-11-21-16-5-3-2-4-15(14)16)18(24)22-17-9-12-6-7-13(17)8-12/h2-5,11-13,17,21,23H,6-10H2,1H3,(H,22,24)(H,25,26). The molecule has 1 heterocycles. The fourth-order valence-corrected chi connectivity index (χ4v) is 4.83. The predicted octanol–water partition coefficient (Wildman–Crippen LogP) is 3.04. The summed E-state index contributed by atoms with van der Waals surface area (Å²) < 4.78 is 0. The first-order valence-corrected chi connectivity index (χ1v) is 9.32. The van der Waals surface area contributed by atoms with Gasteiger partial charge in [-0.15, -0.1) is 0 Å². The number of aromatic nitrogens is 1. The van der Waals surface area contributed by atoms with E-state index in [1.54, 1.807) is 6.92 Å². The Bertz CT molecular complexity index is 846. The summed E-state index contributed by atoms with van der Waals surface area (Å²) in [7, 11) is 0. The van der Waals surface area contributed by atoms with Crippen molar-refractivity contribution in [1.82, 2.24) is 15.6 Å². The van der Waals surface area contributed by atoms with Crippen LogP contribution in [0, 0.1) is 11.8 Å². The van der Waals surface area contributed by atoms with E-state index in [0.29, 0.717) is 12.3 Å². The molecule has 6 nitrogen and oxygen atoms in total. The number of carbonyl (C=O) groups excluding carboxylic acids is 1. The van der Waals surface area contributed by atoms with Crippen LogP contribution in [-0.2, 0) is 11.2 Å². The number of para-hydroxylation sites is 1. The zero-order valence-electron chi connectivity index (χ0n) is 14.9. The number of amides is 2. The van der Waals surface area contributed by atoms with E-state index in [-0.39, 0.29) is 11.9 Å². The molecule has 0 aliphatic heterocycles. The third-order valence-electron chi connectivity index (χ3n) is 6.16. The molecule has 1 aromatic heterocycles. The van der Waals surface area contributed by atoms with E-state index in [1.807, 2.05) is 30.5 Å². The normalized spacial score (nSPS) is 26.6. The van der Waals surface area contributed by atoms with Crippen LogP contribution in [-0.4, -0.2) is 33.7 Å². The lowest BCUT2D eigenvalue weighted by Gasteiger charge is -2.32. The van der Waals surface area contributed by atoms with Crippen molar-refractivity contribution in [3.63, 3.8) is 0 Å². The van der Waals surface area contributed by atoms with Crippen LogP contribution < -0.4 is 10.6 Å². The van der Waals surface area contributed by atoms with Gasteiger partial charge in [0.1, 0.15) is 5.54 Å². The van der Waals surface area contributed by atoms with Crippen LogP contribution in [0.25, 0.3) is 10.9 Å². The Morgan fingerprint density at radius 2 is 2.08 bits per heavy atom. The van der Waals surface area contributed by atoms with Crippen molar-refractivity contribution in [2.75, 3.05) is 0 Å². The van der Waals surface area contributed by atoms with Crippen molar-refractivity contribution in [3.8, 4) is 0 Å². The summed E-state index contributed by atoms with van der Waals surface area (Å²) in [4.78, 5) is 27.6. The number of rotatable bonds is 5. The van der Waals surface area contributed by atoms with Gasteiger partial charge in [-0.05, 0) is 49.7 Å². The Kier molecular flexibility index (Phi) is 4.13. The van der Waals surface area contributed by atoms with Crippen LogP contribution in [0.2, 0.25) is 0 Å². The van der Waals surface area contributed by atoms with E-state index in [9.17, 15) is 14.7 Å². The highest BCUT2D eigenvalue weighted by molar-refractivity contribution is 5.91. The van der Waals surface area contributed by atoms with Gasteiger partial charge in [0.25, 0.3) is 0 Å². The number of benzene rings is 1. The smallest absolute Gasteiger partial charge is 0.405 e. The number of hydrogen-bond donors (Lipinski definition) is 4. The third-order valence-corrected chi connectivity index (χ3v) is 6.16. The van der Waals surface area contributed by atoms with Crippen LogP contribution in [0.3, 0.4) is 0 Å². The second-order valence-corrected chi connectivity index (χ2v) is 8.05. The topological polar surface area (TPSA) is 94.2 Å². The second kappa shape index (κ2) is 6.34. The highest BCUT2D eigenvalue weighted by Crippen LogP contribution is 2.44. The van der Waals surface area contributed by atoms with E-state index in [4.69, 9.17) is 0 Å². The Balaban J connectivity index is 1.56. The molecule has 26 heavy (non-hydrogen) atoms. The van der Waals surface area contributed by atoms with E-state index >= 15 is 0 Å². The second-order valence-electron chi connectivity index (χ2n) is 8.05. The maximum Gasteiger partial charge on any atom is 0.405 e. The minimum Gasteiger partial charge on any atom is -0.465 e. The molecule has 2 aliphatic carbocycles. The number of fused-ring (bicyclic) bond motifs is 3. The average Bonchev–Trinajstić information content (AvgIpc) is 3.30. The number of nitrogens with one attached hydrogen (secondary N) is 3. The summed E-state index contributed by atoms with van der Waals surface area (Å²) in [5, 5.41) is 15.9. The first-order valence-electron chi connectivity index (χ1n) is 9.32. The van der Waals surface area contributed by atoms with Crippen LogP contribution in [0.4, 0.5) is 4.79 Å². The molecule has 2 bridgehead atoms. The quantitative estimate of drug-likeness (QED) is 0.664. The monoisotopic (exact) mass is 355 g/mol. The maximum atomic E-state index is 13.0. The Morgan fingerprint density at radius 3 is 2.77 bits per heavy atom. The molecule has 2 saturated carbocycles. The summed E-state index contributed by atoms with van der Waals surface area (Å²) in [5.41, 5.74) is 0.701. The first-order chi connectivity index (χ1) is 12.4. The van der Waals surface area contributed by atoms with Gasteiger partial charge in [-0.2, -0.15) is 0 Å². The van der Waals surface area contributed by atoms with Gasteiger partial charge in [-0.3, -0.25) is 4.79 Å². The Morgan fingerprint density at radius 1 is 1.27 bits per heavy atom. The van der Waals surface area contributed by atoms with Gasteiger partial charge < -0.3 is 20.7 Å². The summed E-state index contributed by atoms with van der Waals surface area (Å²) in [6, 6.07) is 8.02. The molecule has 4 atom stereocenters. The number of carboxylic acid groups (broad SMARTS) is 1. The van der Waals surface area contributed by atoms with Gasteiger partial charge in [0.05, 0.1) is 0 Å². The van der Waals surface area contributed by atoms with Crippen molar-refractivity contribution in [2.24, 2.45) is 11.8 Å². The lowest BCUT2D eigenvalue weighted by atomic mass is 9.89. The average molecular weight is 355 g/mol. The summed E-state index contributed by atoms with van der Waals surface area (Å²) in [5.74, 6) is 1.03. The lowest BCUT2D eigenvalue weighted by Crippen LogP contribution is -2.60. The zero-order chi connectivity index (χ0) is 18.3. The van der Waals surface area contributed by atoms with Gasteiger partial charge in [0, 0.05) is 29.6 Å². The number of aromatic amines is 1. The Labute approximate surface area is 152 Å². The molecule has 0 saturated heterocycles. The van der Waals surface area contributed by atoms with Crippen molar-refractivity contribution < 1.29 is 14.7 Å². The maximum absolute atomic E-state index is 13.0. The van der Waals surface area contributed by atoms with Gasteiger partial charge in [0.2, 0.25) is 5.91 Å². The molecule has 4 unspecified atom stereocenters. The molecule has 2 fully saturated rings. The van der Waals surface area contributed by atoms with Crippen molar-refractivity contribution in [3.05, 3.63) is 36.0 Å². The van der Waals surface area contributed by atoms with Gasteiger partial charge in [-0.1, -0.05) is 24.6 Å². The molecule has 4 rings (SSSR count). The SMILES string of the molecule is CC(Cc1c[nH]c2ccccc12)(NC(=O)O)C(=O)NC1CC2CCC1C2. The zero-order valence-corrected chi connectivity index (χ0v) is 14.9. The number of carbonyl (C=O) groups is 2. The van der Waals surface area contributed by atoms with Gasteiger partial charge >= 0.3 is 6.09 Å². The molecule has 0 radical (unpaired) electrons. The lowest BCUT2D eigenvalue weighted by molar-refractivity contribution is -0.128. The summed E-state index contributed by atoms with van der Waals surface area (Å²) in [6.07, 6.45) is 5.62. The van der Waals surface area contributed by atoms with Crippen LogP contribution in [0.5, 0.6) is 0 Å². The third kappa shape index (κ3) is 3.04. The van der Waals surface area contributed by atoms with Gasteiger partial charge in [-0.25, -0.2) is 4.79 Å². The van der Waals surface area contributed by atoms with Crippen molar-refractivity contribution in [2.45, 2.75) is 50.6 Å². The molecular weight excluding hydrogens is 330 g/mol. The summed E-state index contributed by atoms with van der Waals surface area (Å²) in [6.45, 7) is 1.67. The van der Waals surface area contributed by atoms with E-state index in [2.05, 4.69) is 15.6 Å². The summed E-state index contributed by atoms with van der Waals surface area (Å²) >= 11 is 0. The molecular formula is C20H25N3O3. The number of hydrogen-bond acceptors (Lipinski definition) is 2. The largest absolute Gasteiger partial charge is 0.465 e. The molecule has 2 aromatic rings. The van der Waals surface area contributed by atoms with Crippen LogP contribution >= 0.6 is 0 Å². The fraction of sp³-hybridized carbons (Fsp3) is 0.500. The van der Waals surface area contributed by atoms with Crippen molar-refractivity contribution >= 4 is 22.9 Å². The molecule has 6 heteroatoms. The van der Waals surface area contributed by atoms with Crippen LogP contribution in [0.1, 0.15) is 38.2 Å². The first kappa shape index (κ1) is 16.9. The molecule has 2 amide bonds. The molecule has 4 N–H and O–H groups in total. The van der Waals surface area contributed by atoms with E-state index in [1.165, 1.54) is 19.3 Å². The van der Waals surface area contributed by atoms with Crippen molar-refractivity contribution in [1.29, 1.82) is 0 Å². The van der Waals surface area contributed by atoms with E-state index < -0.39 is 11.6 Å². The highest BCUT2D eigenvalue weighted by Gasteiger charge is 2.43. The number of H-pyrrole nitrogens is 1.